The van der Waals surface area contributed by atoms with Gasteiger partial charge in [-0.05, 0) is 18.2 Å². The summed E-state index contributed by atoms with van der Waals surface area (Å²) in [7, 11) is 1.88. The zero-order valence-electron chi connectivity index (χ0n) is 4.02. The Morgan fingerprint density at radius 1 is 1.43 bits per heavy atom. The van der Waals surface area contributed by atoms with Gasteiger partial charge in [0.25, 0.3) is 0 Å². The minimum Gasteiger partial charge on any atom is -0.124 e. The lowest BCUT2D eigenvalue weighted by Gasteiger charge is -1.85. The molecule has 0 aromatic rings. The fourth-order valence-corrected chi connectivity index (χ4v) is 0.657. The molecule has 0 saturated heterocycles. The van der Waals surface area contributed by atoms with Crippen molar-refractivity contribution in [1.29, 1.82) is 0 Å². The molecule has 1 rings (SSSR count). The molecule has 0 fully saturated rings. The number of hydrogen-bond donors (Lipinski definition) is 0. The molecule has 0 nitrogen and oxygen atoms in total. The molecule has 0 heterocycles. The number of hydrogen-bond acceptors (Lipinski definition) is 0. The summed E-state index contributed by atoms with van der Waals surface area (Å²) in [4.78, 5) is 0. The first-order valence-corrected chi connectivity index (χ1v) is 2.88. The van der Waals surface area contributed by atoms with Gasteiger partial charge in [0.05, 0.1) is 11.7 Å². The summed E-state index contributed by atoms with van der Waals surface area (Å²) < 4.78 is 0. The summed E-state index contributed by atoms with van der Waals surface area (Å²) in [5, 5.41) is 1.32. The molecule has 0 aromatic heterocycles. The zero-order valence-corrected chi connectivity index (χ0v) is 5.43. The maximum absolute atomic E-state index is 2.94. The second-order valence-electron chi connectivity index (χ2n) is 1.41. The predicted molar refractivity (Wildman–Crippen MR) is 36.1 cm³/mol. The van der Waals surface area contributed by atoms with Gasteiger partial charge in [-0.3, -0.25) is 0 Å². The van der Waals surface area contributed by atoms with Crippen molar-refractivity contribution in [2.75, 3.05) is 0 Å². The van der Waals surface area contributed by atoms with E-state index in [1.807, 2.05) is 33.9 Å². The second-order valence-corrected chi connectivity index (χ2v) is 2.22. The summed E-state index contributed by atoms with van der Waals surface area (Å²) in [6, 6.07) is 0. The van der Waals surface area contributed by atoms with Crippen LogP contribution in [0.3, 0.4) is 0 Å². The summed E-state index contributed by atoms with van der Waals surface area (Å²) in [6.07, 6.45) is 7.92. The van der Waals surface area contributed by atoms with Gasteiger partial charge in [-0.15, -0.1) is 5.73 Å². The molecule has 0 spiro atoms. The van der Waals surface area contributed by atoms with Crippen molar-refractivity contribution in [2.45, 2.75) is 0 Å². The summed E-state index contributed by atoms with van der Waals surface area (Å²) in [5.41, 5.74) is 2.94. The van der Waals surface area contributed by atoms with Gasteiger partial charge in [0.2, 0.25) is 0 Å². The summed E-state index contributed by atoms with van der Waals surface area (Å²) >= 11 is 0. The first-order valence-electron chi connectivity index (χ1n) is 2.17. The maximum Gasteiger partial charge on any atom is 0.0732 e. The molecule has 1 atom stereocenters. The SMILES string of the molecule is [PH3+]C1=CC=C=C[CH]1. The van der Waals surface area contributed by atoms with Crippen molar-refractivity contribution in [3.8, 4) is 0 Å². The van der Waals surface area contributed by atoms with Crippen molar-refractivity contribution in [3.63, 3.8) is 0 Å². The van der Waals surface area contributed by atoms with E-state index in [-0.39, 0.29) is 0 Å². The van der Waals surface area contributed by atoms with E-state index in [4.69, 9.17) is 0 Å². The Labute approximate surface area is 45.8 Å². The Balaban J connectivity index is 2.77. The Morgan fingerprint density at radius 2 is 2.29 bits per heavy atom. The Kier molecular flexibility index (Phi) is 1.46. The van der Waals surface area contributed by atoms with Crippen LogP contribution in [0.5, 0.6) is 0 Å². The fraction of sp³-hybridized carbons (Fsp3) is 0. The standard InChI is InChI=1S/C6H6P/c7-6-4-2-1-3-5-6/h2-5H,7H2/p+1. The lowest BCUT2D eigenvalue weighted by molar-refractivity contribution is 1.66. The van der Waals surface area contributed by atoms with Crippen LogP contribution in [0.15, 0.2) is 29.3 Å². The molecule has 1 heteroatoms. The first kappa shape index (κ1) is 4.84. The molecular formula is C6H7P+. The summed E-state index contributed by atoms with van der Waals surface area (Å²) in [6.45, 7) is 0. The largest absolute Gasteiger partial charge is 0.124 e. The van der Waals surface area contributed by atoms with Crippen LogP contribution in [0.4, 0.5) is 0 Å². The average molecular weight is 110 g/mol. The highest BCUT2D eigenvalue weighted by molar-refractivity contribution is 7.22. The molecule has 1 aliphatic rings. The smallest absolute Gasteiger partial charge is 0.0732 e. The van der Waals surface area contributed by atoms with E-state index in [0.29, 0.717) is 0 Å². The molecule has 0 bridgehead atoms. The molecule has 1 unspecified atom stereocenters. The van der Waals surface area contributed by atoms with Gasteiger partial charge in [-0.1, -0.05) is 0 Å². The maximum atomic E-state index is 2.94. The molecule has 0 aliphatic heterocycles. The third kappa shape index (κ3) is 1.31. The summed E-state index contributed by atoms with van der Waals surface area (Å²) in [5.74, 6) is 0. The molecule has 7 heavy (non-hydrogen) atoms. The van der Waals surface area contributed by atoms with Gasteiger partial charge >= 0.3 is 0 Å². The molecular weight excluding hydrogens is 103 g/mol. The highest BCUT2D eigenvalue weighted by Gasteiger charge is 1.90. The Morgan fingerprint density at radius 3 is 2.57 bits per heavy atom. The molecule has 1 radical (unpaired) electrons. The fourth-order valence-electron chi connectivity index (χ4n) is 0.421. The third-order valence-corrected chi connectivity index (χ3v) is 1.26. The van der Waals surface area contributed by atoms with Crippen LogP contribution < -0.4 is 0 Å². The molecule has 0 saturated carbocycles. The highest BCUT2D eigenvalue weighted by Crippen LogP contribution is 2.11. The van der Waals surface area contributed by atoms with E-state index in [1.54, 1.807) is 0 Å². The topological polar surface area (TPSA) is 0 Å². The van der Waals surface area contributed by atoms with Gasteiger partial charge in [-0.2, -0.15) is 0 Å². The van der Waals surface area contributed by atoms with Crippen LogP contribution >= 0.6 is 9.24 Å². The number of allylic oxidation sites excluding steroid dienone is 3. The molecule has 0 N–H and O–H groups in total. The zero-order chi connectivity index (χ0) is 5.11. The minimum atomic E-state index is 1.32. The van der Waals surface area contributed by atoms with Crippen molar-refractivity contribution in [1.82, 2.24) is 0 Å². The van der Waals surface area contributed by atoms with E-state index >= 15 is 0 Å². The van der Waals surface area contributed by atoms with E-state index in [1.165, 1.54) is 5.31 Å². The van der Waals surface area contributed by atoms with Crippen LogP contribution in [0, 0.1) is 6.42 Å². The number of rotatable bonds is 0. The van der Waals surface area contributed by atoms with Crippen LogP contribution in [-0.4, -0.2) is 0 Å². The molecule has 1 aliphatic carbocycles. The van der Waals surface area contributed by atoms with Gasteiger partial charge in [0, 0.05) is 9.24 Å². The Bertz CT molecular complexity index is 148. The van der Waals surface area contributed by atoms with Crippen LogP contribution in [0.1, 0.15) is 0 Å². The van der Waals surface area contributed by atoms with Crippen molar-refractivity contribution in [3.05, 3.63) is 35.7 Å². The van der Waals surface area contributed by atoms with E-state index in [2.05, 4.69) is 5.73 Å². The first-order chi connectivity index (χ1) is 3.39. The van der Waals surface area contributed by atoms with Crippen LogP contribution in [0.25, 0.3) is 0 Å². The van der Waals surface area contributed by atoms with Gasteiger partial charge in [0.1, 0.15) is 0 Å². The van der Waals surface area contributed by atoms with E-state index in [9.17, 15) is 0 Å². The lowest BCUT2D eigenvalue weighted by atomic mass is 10.3. The second kappa shape index (κ2) is 2.12. The van der Waals surface area contributed by atoms with Gasteiger partial charge < -0.3 is 0 Å². The van der Waals surface area contributed by atoms with Crippen molar-refractivity contribution >= 4 is 9.24 Å². The molecule has 0 aromatic carbocycles. The minimum absolute atomic E-state index is 1.32. The highest BCUT2D eigenvalue weighted by atomic mass is 31.0. The predicted octanol–water partition coefficient (Wildman–Crippen LogP) is 1.41. The average Bonchev–Trinajstić information content (AvgIpc) is 1.69. The van der Waals surface area contributed by atoms with E-state index in [0.717, 1.165) is 0 Å². The molecule has 35 valence electrons. The van der Waals surface area contributed by atoms with Crippen LogP contribution in [0.2, 0.25) is 0 Å². The Hall–Kier alpha value is -0.310. The van der Waals surface area contributed by atoms with E-state index < -0.39 is 0 Å². The monoisotopic (exact) mass is 110 g/mol. The third-order valence-electron chi connectivity index (χ3n) is 0.787. The lowest BCUT2D eigenvalue weighted by Crippen LogP contribution is -1.69. The van der Waals surface area contributed by atoms with Crippen molar-refractivity contribution < 1.29 is 0 Å². The molecule has 0 amide bonds. The van der Waals surface area contributed by atoms with Crippen molar-refractivity contribution in [2.24, 2.45) is 0 Å². The van der Waals surface area contributed by atoms with Gasteiger partial charge in [-0.25, -0.2) is 0 Å². The quantitative estimate of drug-likeness (QED) is 0.326. The van der Waals surface area contributed by atoms with Gasteiger partial charge in [0.15, 0.2) is 0 Å². The van der Waals surface area contributed by atoms with Crippen LogP contribution in [-0.2, 0) is 0 Å². The normalized spacial score (nSPS) is 17.4.